The molecule has 0 spiro atoms. The summed E-state index contributed by atoms with van der Waals surface area (Å²) in [7, 11) is 0. The van der Waals surface area contributed by atoms with Crippen LogP contribution in [0.3, 0.4) is 0 Å². The van der Waals surface area contributed by atoms with Crippen molar-refractivity contribution in [2.24, 2.45) is 11.7 Å². The number of hydrogen-bond acceptors (Lipinski definition) is 3. The average Bonchev–Trinajstić information content (AvgIpc) is 2.48. The summed E-state index contributed by atoms with van der Waals surface area (Å²) in [5.41, 5.74) is 5.85. The Kier molecular flexibility index (Phi) is 6.03. The number of nitrogens with zero attached hydrogens (tertiary/aromatic N) is 1. The molecule has 1 atom stereocenters. The van der Waals surface area contributed by atoms with E-state index in [9.17, 15) is 9.59 Å². The fourth-order valence-corrected chi connectivity index (χ4v) is 3.32. The summed E-state index contributed by atoms with van der Waals surface area (Å²) in [6.45, 7) is 3.43. The molecule has 2 aliphatic rings. The second-order valence-corrected chi connectivity index (χ2v) is 6.67. The highest BCUT2D eigenvalue weighted by Gasteiger charge is 2.25. The van der Waals surface area contributed by atoms with Crippen LogP contribution in [0.4, 0.5) is 0 Å². The van der Waals surface area contributed by atoms with Crippen molar-refractivity contribution in [3.8, 4) is 0 Å². The molecule has 1 saturated heterocycles. The highest BCUT2D eigenvalue weighted by Crippen LogP contribution is 2.23. The van der Waals surface area contributed by atoms with E-state index >= 15 is 0 Å². The summed E-state index contributed by atoms with van der Waals surface area (Å²) < 4.78 is 0. The minimum absolute atomic E-state index is 0.0810. The number of nitrogens with one attached hydrogen (secondary N) is 1. The topological polar surface area (TPSA) is 75.4 Å². The smallest absolute Gasteiger partial charge is 0.224 e. The third kappa shape index (κ3) is 4.99. The SMILES string of the molecule is CC(CC(=O)N1CCC(N)CC1)NC(=O)C1CCCCC1. The van der Waals surface area contributed by atoms with Gasteiger partial charge in [-0.2, -0.15) is 0 Å². The summed E-state index contributed by atoms with van der Waals surface area (Å²) in [5, 5.41) is 3.02. The van der Waals surface area contributed by atoms with Crippen molar-refractivity contribution in [2.75, 3.05) is 13.1 Å². The normalized spacial score (nSPS) is 22.9. The second kappa shape index (κ2) is 7.78. The molecule has 0 radical (unpaired) electrons. The van der Waals surface area contributed by atoms with Crippen LogP contribution >= 0.6 is 0 Å². The predicted octanol–water partition coefficient (Wildman–Crippen LogP) is 1.41. The lowest BCUT2D eigenvalue weighted by Gasteiger charge is -2.31. The largest absolute Gasteiger partial charge is 0.353 e. The van der Waals surface area contributed by atoms with E-state index in [4.69, 9.17) is 5.73 Å². The van der Waals surface area contributed by atoms with Gasteiger partial charge in [-0.05, 0) is 32.6 Å². The molecule has 0 aromatic heterocycles. The molecule has 5 heteroatoms. The van der Waals surface area contributed by atoms with Crippen LogP contribution in [-0.4, -0.2) is 41.9 Å². The van der Waals surface area contributed by atoms with Crippen LogP contribution in [0.25, 0.3) is 0 Å². The molecule has 1 saturated carbocycles. The van der Waals surface area contributed by atoms with E-state index in [1.54, 1.807) is 0 Å². The predicted molar refractivity (Wildman–Crippen MR) is 82.6 cm³/mol. The molecule has 21 heavy (non-hydrogen) atoms. The van der Waals surface area contributed by atoms with Gasteiger partial charge in [0.15, 0.2) is 0 Å². The molecule has 2 amide bonds. The molecule has 0 aromatic carbocycles. The van der Waals surface area contributed by atoms with Gasteiger partial charge in [-0.3, -0.25) is 9.59 Å². The Hall–Kier alpha value is -1.10. The van der Waals surface area contributed by atoms with Gasteiger partial charge < -0.3 is 16.0 Å². The molecule has 2 rings (SSSR count). The van der Waals surface area contributed by atoms with Gasteiger partial charge in [0.2, 0.25) is 11.8 Å². The zero-order chi connectivity index (χ0) is 15.2. The van der Waals surface area contributed by atoms with Gasteiger partial charge >= 0.3 is 0 Å². The lowest BCUT2D eigenvalue weighted by atomic mass is 9.88. The van der Waals surface area contributed by atoms with Gasteiger partial charge in [0, 0.05) is 37.5 Å². The number of nitrogens with two attached hydrogens (primary N) is 1. The number of rotatable bonds is 4. The second-order valence-electron chi connectivity index (χ2n) is 6.67. The van der Waals surface area contributed by atoms with Gasteiger partial charge in [0.1, 0.15) is 0 Å². The van der Waals surface area contributed by atoms with Crippen molar-refractivity contribution in [3.63, 3.8) is 0 Å². The maximum atomic E-state index is 12.2. The summed E-state index contributed by atoms with van der Waals surface area (Å²) in [4.78, 5) is 26.2. The summed E-state index contributed by atoms with van der Waals surface area (Å²) in [6.07, 6.45) is 7.71. The first-order valence-corrected chi connectivity index (χ1v) is 8.40. The first-order chi connectivity index (χ1) is 10.1. The fourth-order valence-electron chi connectivity index (χ4n) is 3.32. The molecule has 0 aromatic rings. The maximum absolute atomic E-state index is 12.2. The Morgan fingerprint density at radius 1 is 1.14 bits per heavy atom. The van der Waals surface area contributed by atoms with Crippen molar-refractivity contribution in [1.82, 2.24) is 10.2 Å². The van der Waals surface area contributed by atoms with Gasteiger partial charge in [0.25, 0.3) is 0 Å². The lowest BCUT2D eigenvalue weighted by molar-refractivity contribution is -0.133. The summed E-state index contributed by atoms with van der Waals surface area (Å²) in [5.74, 6) is 0.429. The first-order valence-electron chi connectivity index (χ1n) is 8.40. The van der Waals surface area contributed by atoms with Crippen LogP contribution < -0.4 is 11.1 Å². The van der Waals surface area contributed by atoms with Crippen LogP contribution in [0.1, 0.15) is 58.3 Å². The Bertz CT molecular complexity index is 359. The summed E-state index contributed by atoms with van der Waals surface area (Å²) >= 11 is 0. The highest BCUT2D eigenvalue weighted by molar-refractivity contribution is 5.81. The molecular formula is C16H29N3O2. The Labute approximate surface area is 127 Å². The molecule has 1 aliphatic heterocycles. The molecule has 3 N–H and O–H groups in total. The number of amides is 2. The van der Waals surface area contributed by atoms with Gasteiger partial charge in [-0.15, -0.1) is 0 Å². The standard InChI is InChI=1S/C16H29N3O2/c1-12(18-16(21)13-5-3-2-4-6-13)11-15(20)19-9-7-14(17)8-10-19/h12-14H,2-11,17H2,1H3,(H,18,21). The number of likely N-dealkylation sites (tertiary alicyclic amines) is 1. The van der Waals surface area contributed by atoms with Crippen LogP contribution in [0.5, 0.6) is 0 Å². The average molecular weight is 295 g/mol. The van der Waals surface area contributed by atoms with Crippen molar-refractivity contribution < 1.29 is 9.59 Å². The monoisotopic (exact) mass is 295 g/mol. The van der Waals surface area contributed by atoms with Crippen molar-refractivity contribution in [1.29, 1.82) is 0 Å². The van der Waals surface area contributed by atoms with Gasteiger partial charge in [-0.1, -0.05) is 19.3 Å². The van der Waals surface area contributed by atoms with E-state index in [1.807, 2.05) is 11.8 Å². The lowest BCUT2D eigenvalue weighted by Crippen LogP contribution is -2.46. The molecule has 1 aliphatic carbocycles. The maximum Gasteiger partial charge on any atom is 0.224 e. The van der Waals surface area contributed by atoms with Crippen molar-refractivity contribution >= 4 is 11.8 Å². The van der Waals surface area contributed by atoms with Crippen LogP contribution in [0, 0.1) is 5.92 Å². The Morgan fingerprint density at radius 2 is 1.76 bits per heavy atom. The Balaban J connectivity index is 1.71. The molecule has 0 bridgehead atoms. The van der Waals surface area contributed by atoms with E-state index in [-0.39, 0.29) is 29.8 Å². The first kappa shape index (κ1) is 16.3. The van der Waals surface area contributed by atoms with E-state index in [1.165, 1.54) is 6.42 Å². The third-order valence-electron chi connectivity index (χ3n) is 4.74. The zero-order valence-electron chi connectivity index (χ0n) is 13.1. The molecule has 5 nitrogen and oxygen atoms in total. The zero-order valence-corrected chi connectivity index (χ0v) is 13.1. The number of carbonyl (C=O) groups is 2. The number of piperidine rings is 1. The highest BCUT2D eigenvalue weighted by atomic mass is 16.2. The molecule has 1 heterocycles. The van der Waals surface area contributed by atoms with E-state index in [0.717, 1.165) is 51.6 Å². The Morgan fingerprint density at radius 3 is 2.38 bits per heavy atom. The summed E-state index contributed by atoms with van der Waals surface area (Å²) in [6, 6.07) is 0.153. The molecular weight excluding hydrogens is 266 g/mol. The minimum Gasteiger partial charge on any atom is -0.353 e. The molecule has 120 valence electrons. The third-order valence-corrected chi connectivity index (χ3v) is 4.74. The van der Waals surface area contributed by atoms with E-state index < -0.39 is 0 Å². The number of carbonyl (C=O) groups excluding carboxylic acids is 2. The fraction of sp³-hybridized carbons (Fsp3) is 0.875. The van der Waals surface area contributed by atoms with E-state index in [0.29, 0.717) is 6.42 Å². The van der Waals surface area contributed by atoms with Crippen molar-refractivity contribution in [2.45, 2.75) is 70.4 Å². The molecule has 1 unspecified atom stereocenters. The quantitative estimate of drug-likeness (QED) is 0.823. The number of hydrogen-bond donors (Lipinski definition) is 2. The van der Waals surface area contributed by atoms with Gasteiger partial charge in [0.05, 0.1) is 0 Å². The molecule has 2 fully saturated rings. The van der Waals surface area contributed by atoms with Crippen LogP contribution in [0.15, 0.2) is 0 Å². The minimum atomic E-state index is -0.0810. The van der Waals surface area contributed by atoms with Gasteiger partial charge in [-0.25, -0.2) is 0 Å². The van der Waals surface area contributed by atoms with Crippen molar-refractivity contribution in [3.05, 3.63) is 0 Å². The van der Waals surface area contributed by atoms with Crippen LogP contribution in [-0.2, 0) is 9.59 Å². The van der Waals surface area contributed by atoms with E-state index in [2.05, 4.69) is 5.32 Å². The van der Waals surface area contributed by atoms with Crippen LogP contribution in [0.2, 0.25) is 0 Å².